The fourth-order valence-electron chi connectivity index (χ4n) is 3.76. The van der Waals surface area contributed by atoms with Gasteiger partial charge in [-0.2, -0.15) is 0 Å². The zero-order valence-electron chi connectivity index (χ0n) is 13.4. The lowest BCUT2D eigenvalue weighted by molar-refractivity contribution is -0.135. The molecule has 2 aliphatic rings. The molecule has 2 aliphatic heterocycles. The molecule has 2 saturated heterocycles. The molecule has 0 aliphatic carbocycles. The zero-order chi connectivity index (χ0) is 14.4. The minimum absolute atomic E-state index is 0.425. The van der Waals surface area contributed by atoms with E-state index in [9.17, 15) is 4.79 Å². The number of hydrogen-bond acceptors (Lipinski definition) is 2. The van der Waals surface area contributed by atoms with Crippen LogP contribution in [0.15, 0.2) is 0 Å². The van der Waals surface area contributed by atoms with Gasteiger partial charge in [-0.15, -0.1) is 0 Å². The van der Waals surface area contributed by atoms with Crippen molar-refractivity contribution in [3.63, 3.8) is 0 Å². The van der Waals surface area contributed by atoms with Crippen LogP contribution in [0.4, 0.5) is 0 Å². The van der Waals surface area contributed by atoms with E-state index >= 15 is 0 Å². The van der Waals surface area contributed by atoms with Crippen LogP contribution in [0.2, 0.25) is 0 Å². The fraction of sp³-hybridized carbons (Fsp3) is 0.941. The van der Waals surface area contributed by atoms with E-state index in [0.29, 0.717) is 17.9 Å². The predicted molar refractivity (Wildman–Crippen MR) is 83.6 cm³/mol. The Morgan fingerprint density at radius 3 is 2.65 bits per heavy atom. The molecule has 0 saturated carbocycles. The number of nitrogens with zero attached hydrogens (tertiary/aromatic N) is 1. The first kappa shape index (κ1) is 15.8. The van der Waals surface area contributed by atoms with Crippen molar-refractivity contribution >= 4 is 5.91 Å². The Morgan fingerprint density at radius 2 is 1.95 bits per heavy atom. The molecule has 2 heterocycles. The lowest BCUT2D eigenvalue weighted by atomic mass is 9.91. The van der Waals surface area contributed by atoms with Crippen LogP contribution in [0.25, 0.3) is 0 Å². The molecule has 3 nitrogen and oxygen atoms in total. The lowest BCUT2D eigenvalue weighted by Gasteiger charge is -2.37. The molecule has 0 aromatic carbocycles. The van der Waals surface area contributed by atoms with E-state index in [1.807, 2.05) is 0 Å². The molecule has 2 fully saturated rings. The minimum Gasteiger partial charge on any atom is -0.340 e. The number of nitrogens with one attached hydrogen (secondary N) is 1. The monoisotopic (exact) mass is 280 g/mol. The third-order valence-corrected chi connectivity index (χ3v) is 4.92. The fourth-order valence-corrected chi connectivity index (χ4v) is 3.76. The highest BCUT2D eigenvalue weighted by atomic mass is 16.2. The molecule has 1 atom stereocenters. The van der Waals surface area contributed by atoms with E-state index in [-0.39, 0.29) is 0 Å². The summed E-state index contributed by atoms with van der Waals surface area (Å²) in [5.74, 6) is 1.89. The van der Waals surface area contributed by atoms with Crippen LogP contribution in [0.1, 0.15) is 65.2 Å². The number of likely N-dealkylation sites (tertiary alicyclic amines) is 1. The highest BCUT2D eigenvalue weighted by Gasteiger charge is 2.27. The molecule has 3 heteroatoms. The van der Waals surface area contributed by atoms with Gasteiger partial charge in [0, 0.05) is 19.0 Å². The maximum Gasteiger partial charge on any atom is 0.222 e. The van der Waals surface area contributed by atoms with Crippen molar-refractivity contribution in [3.8, 4) is 0 Å². The maximum absolute atomic E-state index is 12.5. The zero-order valence-corrected chi connectivity index (χ0v) is 13.4. The summed E-state index contributed by atoms with van der Waals surface area (Å²) in [6, 6.07) is 0.518. The number of piperidine rings is 2. The third kappa shape index (κ3) is 4.76. The standard InChI is InChI=1S/C17H32N2O/c1-14(2)13-16-5-3-4-12-19(16)17(20)7-6-15-8-10-18-11-9-15/h14-16,18H,3-13H2,1-2H3. The number of carbonyl (C=O) groups excluding carboxylic acids is 1. The molecular formula is C17H32N2O. The number of hydrogen-bond donors (Lipinski definition) is 1. The summed E-state index contributed by atoms with van der Waals surface area (Å²) in [6.07, 6.45) is 9.29. The van der Waals surface area contributed by atoms with Gasteiger partial charge in [0.2, 0.25) is 5.91 Å². The first-order valence-corrected chi connectivity index (χ1v) is 8.67. The molecule has 2 rings (SSSR count). The van der Waals surface area contributed by atoms with E-state index in [1.165, 1.54) is 38.5 Å². The second-order valence-corrected chi connectivity index (χ2v) is 7.10. The molecule has 0 aromatic heterocycles. The van der Waals surface area contributed by atoms with Gasteiger partial charge in [-0.25, -0.2) is 0 Å². The topological polar surface area (TPSA) is 32.3 Å². The van der Waals surface area contributed by atoms with Crippen LogP contribution in [-0.4, -0.2) is 36.5 Å². The SMILES string of the molecule is CC(C)CC1CCCCN1C(=O)CCC1CCNCC1. The Bertz CT molecular complexity index is 297. The minimum atomic E-state index is 0.425. The summed E-state index contributed by atoms with van der Waals surface area (Å²) >= 11 is 0. The van der Waals surface area contributed by atoms with Crippen molar-refractivity contribution in [2.24, 2.45) is 11.8 Å². The van der Waals surface area contributed by atoms with Crippen LogP contribution in [0.5, 0.6) is 0 Å². The quantitative estimate of drug-likeness (QED) is 0.839. The molecule has 20 heavy (non-hydrogen) atoms. The number of amides is 1. The first-order valence-electron chi connectivity index (χ1n) is 8.67. The second-order valence-electron chi connectivity index (χ2n) is 7.10. The predicted octanol–water partition coefficient (Wildman–Crippen LogP) is 3.19. The second kappa shape index (κ2) is 8.02. The molecule has 0 radical (unpaired) electrons. The van der Waals surface area contributed by atoms with Crippen molar-refractivity contribution in [3.05, 3.63) is 0 Å². The van der Waals surface area contributed by atoms with Gasteiger partial charge in [-0.3, -0.25) is 4.79 Å². The van der Waals surface area contributed by atoms with Gasteiger partial charge < -0.3 is 10.2 Å². The average Bonchev–Trinajstić information content (AvgIpc) is 2.46. The molecule has 1 unspecified atom stereocenters. The van der Waals surface area contributed by atoms with Crippen molar-refractivity contribution in [2.75, 3.05) is 19.6 Å². The van der Waals surface area contributed by atoms with Gasteiger partial charge in [-0.05, 0) is 69.9 Å². The highest BCUT2D eigenvalue weighted by Crippen LogP contribution is 2.25. The Hall–Kier alpha value is -0.570. The molecule has 1 amide bonds. The van der Waals surface area contributed by atoms with Gasteiger partial charge in [0.1, 0.15) is 0 Å². The Labute approximate surface area is 124 Å². The van der Waals surface area contributed by atoms with E-state index in [2.05, 4.69) is 24.1 Å². The Kier molecular flexibility index (Phi) is 6.34. The summed E-state index contributed by atoms with van der Waals surface area (Å²) in [4.78, 5) is 14.8. The number of rotatable bonds is 5. The molecule has 0 bridgehead atoms. The first-order chi connectivity index (χ1) is 9.66. The van der Waals surface area contributed by atoms with Crippen LogP contribution in [0.3, 0.4) is 0 Å². The average molecular weight is 280 g/mol. The molecule has 0 aromatic rings. The van der Waals surface area contributed by atoms with Gasteiger partial charge in [0.25, 0.3) is 0 Å². The third-order valence-electron chi connectivity index (χ3n) is 4.92. The molecule has 116 valence electrons. The van der Waals surface area contributed by atoms with Crippen LogP contribution >= 0.6 is 0 Å². The normalized spacial score (nSPS) is 25.1. The summed E-state index contributed by atoms with van der Waals surface area (Å²) < 4.78 is 0. The van der Waals surface area contributed by atoms with E-state index < -0.39 is 0 Å². The van der Waals surface area contributed by atoms with Crippen molar-refractivity contribution in [2.45, 2.75) is 71.3 Å². The molecule has 1 N–H and O–H groups in total. The summed E-state index contributed by atoms with van der Waals surface area (Å²) in [7, 11) is 0. The van der Waals surface area contributed by atoms with Crippen molar-refractivity contribution in [1.29, 1.82) is 0 Å². The van der Waals surface area contributed by atoms with Gasteiger partial charge in [0.15, 0.2) is 0 Å². The summed E-state index contributed by atoms with van der Waals surface area (Å²) in [6.45, 7) is 7.82. The van der Waals surface area contributed by atoms with Gasteiger partial charge in [0.05, 0.1) is 0 Å². The van der Waals surface area contributed by atoms with E-state index in [4.69, 9.17) is 0 Å². The Balaban J connectivity index is 1.79. The van der Waals surface area contributed by atoms with Crippen LogP contribution in [0, 0.1) is 11.8 Å². The van der Waals surface area contributed by atoms with Gasteiger partial charge >= 0.3 is 0 Å². The molecule has 0 spiro atoms. The smallest absolute Gasteiger partial charge is 0.222 e. The van der Waals surface area contributed by atoms with E-state index in [1.54, 1.807) is 0 Å². The Morgan fingerprint density at radius 1 is 1.20 bits per heavy atom. The van der Waals surface area contributed by atoms with Crippen molar-refractivity contribution < 1.29 is 4.79 Å². The molecular weight excluding hydrogens is 248 g/mol. The van der Waals surface area contributed by atoms with E-state index in [0.717, 1.165) is 38.4 Å². The lowest BCUT2D eigenvalue weighted by Crippen LogP contribution is -2.44. The maximum atomic E-state index is 12.5. The largest absolute Gasteiger partial charge is 0.340 e. The van der Waals surface area contributed by atoms with Gasteiger partial charge in [-0.1, -0.05) is 13.8 Å². The highest BCUT2D eigenvalue weighted by molar-refractivity contribution is 5.76. The summed E-state index contributed by atoms with van der Waals surface area (Å²) in [5.41, 5.74) is 0. The summed E-state index contributed by atoms with van der Waals surface area (Å²) in [5, 5.41) is 3.40. The van der Waals surface area contributed by atoms with Crippen LogP contribution < -0.4 is 5.32 Å². The van der Waals surface area contributed by atoms with Crippen molar-refractivity contribution in [1.82, 2.24) is 10.2 Å². The number of carbonyl (C=O) groups is 1. The van der Waals surface area contributed by atoms with Crippen LogP contribution in [-0.2, 0) is 4.79 Å².